The van der Waals surface area contributed by atoms with Gasteiger partial charge in [-0.1, -0.05) is 26.0 Å². The number of methoxy groups -OCH3 is 2. The smallest absolute Gasteiger partial charge is 0.116 e. The Morgan fingerprint density at radius 1 is 1.23 bits per heavy atom. The molecule has 0 saturated carbocycles. The quantitative estimate of drug-likeness (QED) is 0.282. The summed E-state index contributed by atoms with van der Waals surface area (Å²) in [5.41, 5.74) is 5.18. The Morgan fingerprint density at radius 3 is 2.80 bits per heavy atom. The van der Waals surface area contributed by atoms with Crippen molar-refractivity contribution in [2.45, 2.75) is 33.1 Å². The zero-order valence-corrected chi connectivity index (χ0v) is 21.3. The van der Waals surface area contributed by atoms with Crippen LogP contribution in [0.15, 0.2) is 100 Å². The number of nitrogens with one attached hydrogen (secondary N) is 1. The molecule has 2 heterocycles. The van der Waals surface area contributed by atoms with Crippen molar-refractivity contribution in [3.05, 3.63) is 96.0 Å². The fraction of sp³-hybridized carbons (Fsp3) is 0.310. The average molecular weight is 473 g/mol. The second-order valence-electron chi connectivity index (χ2n) is 8.33. The summed E-state index contributed by atoms with van der Waals surface area (Å²) in [6.07, 6.45) is 16.8. The number of aromatic nitrogens is 1. The van der Waals surface area contributed by atoms with Gasteiger partial charge in [0, 0.05) is 47.5 Å². The lowest BCUT2D eigenvalue weighted by Crippen LogP contribution is -2.16. The van der Waals surface area contributed by atoms with Crippen LogP contribution in [0, 0.1) is 0 Å². The molecule has 0 unspecified atom stereocenters. The van der Waals surface area contributed by atoms with Crippen molar-refractivity contribution >= 4 is 22.8 Å². The molecular weight excluding hydrogens is 436 g/mol. The van der Waals surface area contributed by atoms with Crippen LogP contribution in [-0.4, -0.2) is 49.1 Å². The molecule has 1 aromatic heterocycles. The standard InChI is InChI=1S/C29H36N4O2/c1-6-7-17-33(18-15-27(35-5)12-9-23(3)34-4)22(2)8-11-26-20-32-29(21-31-26)24-10-13-28-25(19-24)14-16-30-28/h8,10-16,18-19,21,30H,3,6-7,9,17,20H2,1-2,4-5H3/b18-15+,22-8+,26-11+,27-12+. The predicted molar refractivity (Wildman–Crippen MR) is 147 cm³/mol. The van der Waals surface area contributed by atoms with Crippen molar-refractivity contribution in [3.63, 3.8) is 0 Å². The second-order valence-corrected chi connectivity index (χ2v) is 8.33. The lowest BCUT2D eigenvalue weighted by atomic mass is 10.1. The number of aliphatic imine (C=N–C) groups is 2. The van der Waals surface area contributed by atoms with Gasteiger partial charge in [-0.05, 0) is 55.8 Å². The molecule has 2 aromatic rings. The number of unbranched alkanes of at least 4 members (excludes halogenated alkanes) is 1. The first-order valence-corrected chi connectivity index (χ1v) is 12.0. The zero-order chi connectivity index (χ0) is 25.0. The number of nitrogens with zero attached hydrogens (tertiary/aromatic N) is 3. The Hall–Kier alpha value is -3.80. The molecule has 1 aliphatic rings. The van der Waals surface area contributed by atoms with E-state index in [1.165, 1.54) is 5.39 Å². The summed E-state index contributed by atoms with van der Waals surface area (Å²) in [4.78, 5) is 14.8. The van der Waals surface area contributed by atoms with Gasteiger partial charge in [0.25, 0.3) is 0 Å². The molecule has 1 aromatic carbocycles. The summed E-state index contributed by atoms with van der Waals surface area (Å²) in [6.45, 7) is 9.63. The zero-order valence-electron chi connectivity index (χ0n) is 21.3. The SMILES string of the molecule is C=C(C/C=C(\C=C\N(CCCC)/C(C)=C/C=C1\CN=C(c2ccc3[nH]ccc3c2)C=N1)OC)OC. The van der Waals surface area contributed by atoms with Crippen molar-refractivity contribution in [3.8, 4) is 0 Å². The Balaban J connectivity index is 1.68. The molecular formula is C29H36N4O2. The van der Waals surface area contributed by atoms with Crippen molar-refractivity contribution in [2.75, 3.05) is 27.3 Å². The molecule has 184 valence electrons. The topological polar surface area (TPSA) is 62.2 Å². The Kier molecular flexibility index (Phi) is 9.72. The normalized spacial score (nSPS) is 15.7. The fourth-order valence-electron chi connectivity index (χ4n) is 3.56. The van der Waals surface area contributed by atoms with E-state index in [2.05, 4.69) is 71.8 Å². The lowest BCUT2D eigenvalue weighted by molar-refractivity contribution is 0.280. The number of rotatable bonds is 12. The van der Waals surface area contributed by atoms with E-state index in [9.17, 15) is 0 Å². The molecule has 0 bridgehead atoms. The van der Waals surface area contributed by atoms with Gasteiger partial charge in [-0.15, -0.1) is 0 Å². The summed E-state index contributed by atoms with van der Waals surface area (Å²) in [5, 5.41) is 1.17. The third-order valence-electron chi connectivity index (χ3n) is 5.81. The molecule has 6 nitrogen and oxygen atoms in total. The molecule has 0 atom stereocenters. The van der Waals surface area contributed by atoms with Crippen LogP contribution in [0.4, 0.5) is 0 Å². The molecule has 0 aliphatic carbocycles. The van der Waals surface area contributed by atoms with E-state index in [4.69, 9.17) is 14.5 Å². The summed E-state index contributed by atoms with van der Waals surface area (Å²) in [6, 6.07) is 8.36. The van der Waals surface area contributed by atoms with Crippen LogP contribution < -0.4 is 0 Å². The highest BCUT2D eigenvalue weighted by atomic mass is 16.5. The number of allylic oxidation sites excluding steroid dienone is 5. The van der Waals surface area contributed by atoms with E-state index in [-0.39, 0.29) is 0 Å². The highest BCUT2D eigenvalue weighted by Crippen LogP contribution is 2.17. The molecule has 1 N–H and O–H groups in total. The maximum absolute atomic E-state index is 5.48. The molecule has 0 spiro atoms. The van der Waals surface area contributed by atoms with Gasteiger partial charge in [0.05, 0.1) is 44.1 Å². The first-order valence-electron chi connectivity index (χ1n) is 12.0. The maximum atomic E-state index is 5.48. The minimum absolute atomic E-state index is 0.561. The molecule has 35 heavy (non-hydrogen) atoms. The lowest BCUT2D eigenvalue weighted by Gasteiger charge is -2.21. The van der Waals surface area contributed by atoms with E-state index in [1.54, 1.807) is 14.2 Å². The van der Waals surface area contributed by atoms with Crippen LogP contribution in [0.1, 0.15) is 38.7 Å². The van der Waals surface area contributed by atoms with Gasteiger partial charge in [-0.3, -0.25) is 9.98 Å². The van der Waals surface area contributed by atoms with Crippen LogP contribution in [0.3, 0.4) is 0 Å². The van der Waals surface area contributed by atoms with Crippen molar-refractivity contribution in [2.24, 2.45) is 9.98 Å². The number of fused-ring (bicyclic) bond motifs is 1. The van der Waals surface area contributed by atoms with Crippen LogP contribution >= 0.6 is 0 Å². The predicted octanol–water partition coefficient (Wildman–Crippen LogP) is 6.53. The average Bonchev–Trinajstić information content (AvgIpc) is 3.37. The Labute approximate surface area is 208 Å². The van der Waals surface area contributed by atoms with Gasteiger partial charge in [-0.25, -0.2) is 0 Å². The van der Waals surface area contributed by atoms with Gasteiger partial charge in [-0.2, -0.15) is 0 Å². The number of benzene rings is 1. The molecule has 1 aliphatic heterocycles. The van der Waals surface area contributed by atoms with Crippen molar-refractivity contribution in [1.82, 2.24) is 9.88 Å². The minimum atomic E-state index is 0.561. The molecule has 6 heteroatoms. The molecule has 3 rings (SSSR count). The summed E-state index contributed by atoms with van der Waals surface area (Å²) >= 11 is 0. The van der Waals surface area contributed by atoms with E-state index in [0.717, 1.165) is 53.3 Å². The summed E-state index contributed by atoms with van der Waals surface area (Å²) in [5.74, 6) is 1.47. The van der Waals surface area contributed by atoms with Gasteiger partial charge in [0.15, 0.2) is 0 Å². The first-order chi connectivity index (χ1) is 17.0. The third-order valence-corrected chi connectivity index (χ3v) is 5.81. The van der Waals surface area contributed by atoms with E-state index in [1.807, 2.05) is 30.6 Å². The van der Waals surface area contributed by atoms with E-state index >= 15 is 0 Å². The van der Waals surface area contributed by atoms with Gasteiger partial charge in [0.2, 0.25) is 0 Å². The van der Waals surface area contributed by atoms with Crippen LogP contribution in [0.2, 0.25) is 0 Å². The maximum Gasteiger partial charge on any atom is 0.116 e. The third kappa shape index (κ3) is 7.60. The number of H-pyrrole nitrogens is 1. The number of hydrogen-bond acceptors (Lipinski definition) is 5. The highest BCUT2D eigenvalue weighted by molar-refractivity contribution is 6.39. The van der Waals surface area contributed by atoms with Gasteiger partial charge in [0.1, 0.15) is 5.76 Å². The largest absolute Gasteiger partial charge is 0.501 e. The Morgan fingerprint density at radius 2 is 2.09 bits per heavy atom. The van der Waals surface area contributed by atoms with E-state index < -0.39 is 0 Å². The molecule has 0 saturated heterocycles. The highest BCUT2D eigenvalue weighted by Gasteiger charge is 2.08. The van der Waals surface area contributed by atoms with Gasteiger partial charge >= 0.3 is 0 Å². The van der Waals surface area contributed by atoms with Crippen molar-refractivity contribution in [1.29, 1.82) is 0 Å². The number of aromatic amines is 1. The van der Waals surface area contributed by atoms with Crippen LogP contribution in [0.5, 0.6) is 0 Å². The molecule has 0 fully saturated rings. The van der Waals surface area contributed by atoms with Crippen LogP contribution in [-0.2, 0) is 9.47 Å². The fourth-order valence-corrected chi connectivity index (χ4v) is 3.56. The van der Waals surface area contributed by atoms with Crippen LogP contribution in [0.25, 0.3) is 10.9 Å². The van der Waals surface area contributed by atoms with E-state index in [0.29, 0.717) is 18.7 Å². The van der Waals surface area contributed by atoms with Gasteiger partial charge < -0.3 is 19.4 Å². The summed E-state index contributed by atoms with van der Waals surface area (Å²) < 4.78 is 10.6. The number of hydrogen-bond donors (Lipinski definition) is 1. The minimum Gasteiger partial charge on any atom is -0.501 e. The molecule has 0 amide bonds. The number of ether oxygens (including phenoxy) is 2. The monoisotopic (exact) mass is 472 g/mol. The first kappa shape index (κ1) is 25.8. The Bertz CT molecular complexity index is 1190. The second kappa shape index (κ2) is 13.2. The molecule has 0 radical (unpaired) electrons. The summed E-state index contributed by atoms with van der Waals surface area (Å²) in [7, 11) is 3.29. The van der Waals surface area contributed by atoms with Crippen molar-refractivity contribution < 1.29 is 9.47 Å².